The van der Waals surface area contributed by atoms with Crippen molar-refractivity contribution in [1.29, 1.82) is 0 Å². The van der Waals surface area contributed by atoms with Crippen molar-refractivity contribution in [3.8, 4) is 0 Å². The molecule has 0 radical (unpaired) electrons. The van der Waals surface area contributed by atoms with Crippen LogP contribution in [0.3, 0.4) is 0 Å². The van der Waals surface area contributed by atoms with Gasteiger partial charge in [-0.05, 0) is 31.9 Å². The summed E-state index contributed by atoms with van der Waals surface area (Å²) in [5.74, 6) is -0.0851. The Bertz CT molecular complexity index is 960. The van der Waals surface area contributed by atoms with E-state index in [1.807, 2.05) is 50.2 Å². The van der Waals surface area contributed by atoms with E-state index < -0.39 is 0 Å². The van der Waals surface area contributed by atoms with Crippen LogP contribution >= 0.6 is 11.3 Å². The molecule has 1 aromatic carbocycles. The first-order valence-corrected chi connectivity index (χ1v) is 9.62. The number of carbonyl (C=O) groups excluding carboxylic acids is 1. The SMILES string of the molecule is CCc1cc2c(=O)n(CC(=O)N(Cc3ccccc3)C(C)C)cnc2s1. The fourth-order valence-electron chi connectivity index (χ4n) is 2.87. The Hall–Kier alpha value is -2.47. The third-order valence-electron chi connectivity index (χ3n) is 4.36. The second-order valence-corrected chi connectivity index (χ2v) is 7.68. The highest BCUT2D eigenvalue weighted by atomic mass is 32.1. The molecular weight excluding hydrogens is 346 g/mol. The largest absolute Gasteiger partial charge is 0.334 e. The molecule has 5 nitrogen and oxygen atoms in total. The Morgan fingerprint density at radius 2 is 2.00 bits per heavy atom. The molecule has 0 N–H and O–H groups in total. The van der Waals surface area contributed by atoms with Gasteiger partial charge >= 0.3 is 0 Å². The zero-order valence-electron chi connectivity index (χ0n) is 15.3. The van der Waals surface area contributed by atoms with Gasteiger partial charge < -0.3 is 4.90 Å². The van der Waals surface area contributed by atoms with Gasteiger partial charge in [-0.1, -0.05) is 37.3 Å². The number of rotatable bonds is 6. The fraction of sp³-hybridized carbons (Fsp3) is 0.350. The smallest absolute Gasteiger partial charge is 0.262 e. The minimum absolute atomic E-state index is 0.00406. The minimum atomic E-state index is -0.150. The molecule has 0 aliphatic carbocycles. The molecule has 0 spiro atoms. The van der Waals surface area contributed by atoms with Crippen LogP contribution in [-0.4, -0.2) is 26.4 Å². The van der Waals surface area contributed by atoms with Crippen molar-refractivity contribution in [2.45, 2.75) is 46.3 Å². The van der Waals surface area contributed by atoms with E-state index in [1.54, 1.807) is 4.90 Å². The molecule has 3 aromatic rings. The quantitative estimate of drug-likeness (QED) is 0.669. The summed E-state index contributed by atoms with van der Waals surface area (Å²) in [6.45, 7) is 6.55. The van der Waals surface area contributed by atoms with Gasteiger partial charge in [-0.2, -0.15) is 0 Å². The van der Waals surface area contributed by atoms with Crippen molar-refractivity contribution < 1.29 is 4.79 Å². The van der Waals surface area contributed by atoms with Crippen molar-refractivity contribution in [1.82, 2.24) is 14.5 Å². The van der Waals surface area contributed by atoms with E-state index in [9.17, 15) is 9.59 Å². The molecule has 0 saturated carbocycles. The van der Waals surface area contributed by atoms with Crippen molar-refractivity contribution in [2.24, 2.45) is 0 Å². The molecule has 0 aliphatic rings. The van der Waals surface area contributed by atoms with Crippen molar-refractivity contribution >= 4 is 27.5 Å². The third-order valence-corrected chi connectivity index (χ3v) is 5.55. The molecule has 0 fully saturated rings. The molecule has 6 heteroatoms. The first-order valence-electron chi connectivity index (χ1n) is 8.80. The van der Waals surface area contributed by atoms with Crippen molar-refractivity contribution in [3.63, 3.8) is 0 Å². The van der Waals surface area contributed by atoms with Gasteiger partial charge in [-0.25, -0.2) is 4.98 Å². The Morgan fingerprint density at radius 1 is 1.27 bits per heavy atom. The highest BCUT2D eigenvalue weighted by molar-refractivity contribution is 7.18. The summed E-state index contributed by atoms with van der Waals surface area (Å²) in [6, 6.07) is 11.8. The molecule has 1 amide bonds. The molecule has 0 atom stereocenters. The van der Waals surface area contributed by atoms with Crippen molar-refractivity contribution in [2.75, 3.05) is 0 Å². The lowest BCUT2D eigenvalue weighted by molar-refractivity contribution is -0.134. The topological polar surface area (TPSA) is 55.2 Å². The normalized spacial score (nSPS) is 11.2. The van der Waals surface area contributed by atoms with E-state index in [4.69, 9.17) is 0 Å². The average molecular weight is 369 g/mol. The number of amides is 1. The first kappa shape index (κ1) is 18.3. The standard InChI is InChI=1S/C20H23N3O2S/c1-4-16-10-17-19(26-16)21-13-22(20(17)25)12-18(24)23(14(2)3)11-15-8-6-5-7-9-15/h5-10,13-14H,4,11-12H2,1-3H3. The highest BCUT2D eigenvalue weighted by Crippen LogP contribution is 2.21. The van der Waals surface area contributed by atoms with Crippen LogP contribution in [0.15, 0.2) is 47.5 Å². The molecule has 3 rings (SSSR count). The molecular formula is C20H23N3O2S. The van der Waals surface area contributed by atoms with E-state index in [2.05, 4.69) is 11.9 Å². The second-order valence-electron chi connectivity index (χ2n) is 6.56. The molecule has 2 aromatic heterocycles. The van der Waals surface area contributed by atoms with Gasteiger partial charge in [0.15, 0.2) is 0 Å². The third kappa shape index (κ3) is 3.85. The fourth-order valence-corrected chi connectivity index (χ4v) is 3.80. The molecule has 136 valence electrons. The lowest BCUT2D eigenvalue weighted by atomic mass is 10.2. The predicted molar refractivity (Wildman–Crippen MR) is 105 cm³/mol. The van der Waals surface area contributed by atoms with Gasteiger partial charge in [-0.15, -0.1) is 11.3 Å². The maximum atomic E-state index is 12.8. The van der Waals surface area contributed by atoms with Crippen LogP contribution in [0, 0.1) is 0 Å². The van der Waals surface area contributed by atoms with Crippen LogP contribution in [0.25, 0.3) is 10.2 Å². The summed E-state index contributed by atoms with van der Waals surface area (Å²) in [5, 5.41) is 0.598. The van der Waals surface area contributed by atoms with Gasteiger partial charge in [0.1, 0.15) is 11.4 Å². The van der Waals surface area contributed by atoms with E-state index in [0.717, 1.165) is 21.7 Å². The molecule has 0 bridgehead atoms. The van der Waals surface area contributed by atoms with Crippen molar-refractivity contribution in [3.05, 3.63) is 63.5 Å². The molecule has 0 unspecified atom stereocenters. The van der Waals surface area contributed by atoms with Gasteiger partial charge in [-0.3, -0.25) is 14.2 Å². The highest BCUT2D eigenvalue weighted by Gasteiger charge is 2.19. The number of carbonyl (C=O) groups is 1. The number of fused-ring (bicyclic) bond motifs is 1. The Morgan fingerprint density at radius 3 is 2.65 bits per heavy atom. The van der Waals surface area contributed by atoms with Crippen LogP contribution in [0.5, 0.6) is 0 Å². The van der Waals surface area contributed by atoms with E-state index >= 15 is 0 Å². The summed E-state index contributed by atoms with van der Waals surface area (Å²) in [4.78, 5) is 33.6. The maximum absolute atomic E-state index is 12.8. The monoisotopic (exact) mass is 369 g/mol. The zero-order valence-corrected chi connectivity index (χ0v) is 16.1. The number of hydrogen-bond acceptors (Lipinski definition) is 4. The molecule has 0 saturated heterocycles. The molecule has 2 heterocycles. The number of thiophene rings is 1. The van der Waals surface area contributed by atoms with Crippen LogP contribution in [0.1, 0.15) is 31.2 Å². The zero-order chi connectivity index (χ0) is 18.7. The van der Waals surface area contributed by atoms with Crippen LogP contribution in [-0.2, 0) is 24.3 Å². The summed E-state index contributed by atoms with van der Waals surface area (Å²) in [6.07, 6.45) is 2.36. The average Bonchev–Trinajstić information content (AvgIpc) is 3.07. The number of aromatic nitrogens is 2. The Balaban J connectivity index is 1.84. The number of aryl methyl sites for hydroxylation is 1. The predicted octanol–water partition coefficient (Wildman–Crippen LogP) is 3.46. The summed E-state index contributed by atoms with van der Waals surface area (Å²) >= 11 is 1.53. The van der Waals surface area contributed by atoms with Gasteiger partial charge in [0, 0.05) is 17.5 Å². The Kier molecular flexibility index (Phi) is 5.52. The maximum Gasteiger partial charge on any atom is 0.262 e. The van der Waals surface area contributed by atoms with Crippen LogP contribution < -0.4 is 5.56 Å². The lowest BCUT2D eigenvalue weighted by Crippen LogP contribution is -2.40. The second kappa shape index (κ2) is 7.83. The van der Waals surface area contributed by atoms with Gasteiger partial charge in [0.2, 0.25) is 5.91 Å². The summed E-state index contributed by atoms with van der Waals surface area (Å²) in [7, 11) is 0. The molecule has 0 aliphatic heterocycles. The van der Waals surface area contributed by atoms with E-state index in [1.165, 1.54) is 22.2 Å². The summed E-state index contributed by atoms with van der Waals surface area (Å²) < 4.78 is 1.41. The number of benzene rings is 1. The van der Waals surface area contributed by atoms with Gasteiger partial charge in [0.25, 0.3) is 5.56 Å². The van der Waals surface area contributed by atoms with Gasteiger partial charge in [0.05, 0.1) is 11.7 Å². The Labute approximate surface area is 156 Å². The summed E-state index contributed by atoms with van der Waals surface area (Å²) in [5.41, 5.74) is 0.920. The number of hydrogen-bond donors (Lipinski definition) is 0. The van der Waals surface area contributed by atoms with Crippen LogP contribution in [0.2, 0.25) is 0 Å². The number of nitrogens with zero attached hydrogens (tertiary/aromatic N) is 3. The lowest BCUT2D eigenvalue weighted by Gasteiger charge is -2.27. The van der Waals surface area contributed by atoms with E-state index in [0.29, 0.717) is 11.9 Å². The van der Waals surface area contributed by atoms with E-state index in [-0.39, 0.29) is 24.1 Å². The molecule has 26 heavy (non-hydrogen) atoms. The minimum Gasteiger partial charge on any atom is -0.334 e. The first-order chi connectivity index (χ1) is 12.5. The van der Waals surface area contributed by atoms with Crippen LogP contribution in [0.4, 0.5) is 0 Å².